The van der Waals surface area contributed by atoms with Crippen LogP contribution in [-0.4, -0.2) is 6.03 Å². The number of rotatable bonds is 3. The van der Waals surface area contributed by atoms with Crippen LogP contribution in [0.5, 0.6) is 0 Å². The zero-order chi connectivity index (χ0) is 14.7. The predicted octanol–water partition coefficient (Wildman–Crippen LogP) is 4.06. The first-order valence-corrected chi connectivity index (χ1v) is 7.46. The van der Waals surface area contributed by atoms with Crippen molar-refractivity contribution in [3.05, 3.63) is 65.2 Å². The summed E-state index contributed by atoms with van der Waals surface area (Å²) < 4.78 is 0. The molecule has 0 aromatic heterocycles. The summed E-state index contributed by atoms with van der Waals surface area (Å²) in [7, 11) is 0. The molecule has 1 aliphatic rings. The highest BCUT2D eigenvalue weighted by molar-refractivity contribution is 5.89. The maximum atomic E-state index is 12.1. The molecule has 2 aromatic carbocycles. The third-order valence-electron chi connectivity index (χ3n) is 4.00. The molecule has 0 bridgehead atoms. The van der Waals surface area contributed by atoms with Gasteiger partial charge in [-0.05, 0) is 55.0 Å². The van der Waals surface area contributed by atoms with Crippen molar-refractivity contribution in [1.29, 1.82) is 0 Å². The van der Waals surface area contributed by atoms with Gasteiger partial charge in [0, 0.05) is 5.69 Å². The Hall–Kier alpha value is -2.29. The van der Waals surface area contributed by atoms with E-state index >= 15 is 0 Å². The van der Waals surface area contributed by atoms with E-state index in [9.17, 15) is 4.79 Å². The number of aryl methyl sites for hydroxylation is 2. The largest absolute Gasteiger partial charge is 0.331 e. The second kappa shape index (κ2) is 6.00. The Bertz CT molecular complexity index is 637. The minimum Gasteiger partial charge on any atom is -0.331 e. The molecule has 0 fully saturated rings. The Balaban J connectivity index is 1.61. The topological polar surface area (TPSA) is 41.1 Å². The van der Waals surface area contributed by atoms with Crippen molar-refractivity contribution >= 4 is 11.7 Å². The number of carbonyl (C=O) groups excluding carboxylic acids is 1. The number of benzene rings is 2. The minimum atomic E-state index is -0.163. The Morgan fingerprint density at radius 3 is 2.62 bits per heavy atom. The summed E-state index contributed by atoms with van der Waals surface area (Å²) in [5, 5.41) is 5.88. The Labute approximate surface area is 125 Å². The van der Waals surface area contributed by atoms with Gasteiger partial charge in [0.25, 0.3) is 0 Å². The zero-order valence-corrected chi connectivity index (χ0v) is 12.2. The van der Waals surface area contributed by atoms with Crippen molar-refractivity contribution in [3.63, 3.8) is 0 Å². The van der Waals surface area contributed by atoms with Gasteiger partial charge in [0.2, 0.25) is 0 Å². The van der Waals surface area contributed by atoms with Crippen molar-refractivity contribution in [2.24, 2.45) is 0 Å². The highest BCUT2D eigenvalue weighted by Crippen LogP contribution is 2.24. The van der Waals surface area contributed by atoms with E-state index in [2.05, 4.69) is 22.8 Å². The third-order valence-corrected chi connectivity index (χ3v) is 4.00. The summed E-state index contributed by atoms with van der Waals surface area (Å²) >= 11 is 0. The van der Waals surface area contributed by atoms with Crippen LogP contribution in [0, 0.1) is 0 Å². The number of carbonyl (C=O) groups is 1. The maximum Gasteiger partial charge on any atom is 0.319 e. The molecule has 0 aliphatic heterocycles. The van der Waals surface area contributed by atoms with Crippen molar-refractivity contribution in [2.75, 3.05) is 5.32 Å². The lowest BCUT2D eigenvalue weighted by Crippen LogP contribution is -2.31. The normalized spacial score (nSPS) is 14.3. The number of amides is 2. The van der Waals surface area contributed by atoms with Crippen LogP contribution < -0.4 is 10.6 Å². The third kappa shape index (κ3) is 3.24. The second-order valence-corrected chi connectivity index (χ2v) is 5.57. The van der Waals surface area contributed by atoms with E-state index in [1.807, 2.05) is 43.3 Å². The average Bonchev–Trinajstić information content (AvgIpc) is 2.95. The Kier molecular flexibility index (Phi) is 3.91. The van der Waals surface area contributed by atoms with Crippen molar-refractivity contribution < 1.29 is 4.79 Å². The molecule has 0 spiro atoms. The highest BCUT2D eigenvalue weighted by atomic mass is 16.2. The minimum absolute atomic E-state index is 0.0133. The van der Waals surface area contributed by atoms with E-state index < -0.39 is 0 Å². The Morgan fingerprint density at radius 1 is 1.05 bits per heavy atom. The van der Waals surface area contributed by atoms with Crippen LogP contribution in [0.4, 0.5) is 10.5 Å². The van der Waals surface area contributed by atoms with E-state index in [-0.39, 0.29) is 12.1 Å². The predicted molar refractivity (Wildman–Crippen MR) is 85.5 cm³/mol. The van der Waals surface area contributed by atoms with Crippen LogP contribution in [0.25, 0.3) is 0 Å². The summed E-state index contributed by atoms with van der Waals surface area (Å²) in [4.78, 5) is 12.1. The fourth-order valence-corrected chi connectivity index (χ4v) is 2.84. The number of nitrogens with one attached hydrogen (secondary N) is 2. The van der Waals surface area contributed by atoms with Crippen molar-refractivity contribution in [2.45, 2.75) is 32.2 Å². The van der Waals surface area contributed by atoms with E-state index in [0.29, 0.717) is 0 Å². The molecule has 0 saturated heterocycles. The lowest BCUT2D eigenvalue weighted by atomic mass is 10.1. The fourth-order valence-electron chi connectivity index (χ4n) is 2.84. The fraction of sp³-hybridized carbons (Fsp3) is 0.278. The van der Waals surface area contributed by atoms with E-state index in [1.54, 1.807) is 0 Å². The van der Waals surface area contributed by atoms with Gasteiger partial charge in [-0.15, -0.1) is 0 Å². The molecular weight excluding hydrogens is 260 g/mol. The second-order valence-electron chi connectivity index (χ2n) is 5.57. The molecule has 3 nitrogen and oxygen atoms in total. The summed E-state index contributed by atoms with van der Waals surface area (Å²) in [6.45, 7) is 1.98. The highest BCUT2D eigenvalue weighted by Gasteiger charge is 2.13. The molecule has 0 unspecified atom stereocenters. The van der Waals surface area contributed by atoms with Crippen LogP contribution >= 0.6 is 0 Å². The first kappa shape index (κ1) is 13.7. The van der Waals surface area contributed by atoms with E-state index in [1.165, 1.54) is 17.5 Å². The van der Waals surface area contributed by atoms with Gasteiger partial charge in [-0.3, -0.25) is 0 Å². The first-order chi connectivity index (χ1) is 10.2. The quantitative estimate of drug-likeness (QED) is 0.874. The number of hydrogen-bond acceptors (Lipinski definition) is 1. The number of anilines is 1. The van der Waals surface area contributed by atoms with E-state index in [0.717, 1.165) is 24.1 Å². The summed E-state index contributed by atoms with van der Waals surface area (Å²) in [5.41, 5.74) is 4.75. The van der Waals surface area contributed by atoms with Crippen LogP contribution in [0.3, 0.4) is 0 Å². The average molecular weight is 280 g/mol. The molecule has 2 amide bonds. The summed E-state index contributed by atoms with van der Waals surface area (Å²) in [6, 6.07) is 16.0. The van der Waals surface area contributed by atoms with Gasteiger partial charge < -0.3 is 10.6 Å². The lowest BCUT2D eigenvalue weighted by Gasteiger charge is -2.15. The number of fused-ring (bicyclic) bond motifs is 1. The molecular formula is C18H20N2O. The van der Waals surface area contributed by atoms with Crippen LogP contribution in [-0.2, 0) is 12.8 Å². The molecule has 21 heavy (non-hydrogen) atoms. The smallest absolute Gasteiger partial charge is 0.319 e. The first-order valence-electron chi connectivity index (χ1n) is 7.46. The SMILES string of the molecule is C[C@H](NC(=O)Nc1ccc2c(c1)CCC2)c1ccccc1. The van der Waals surface area contributed by atoms with Gasteiger partial charge in [0.15, 0.2) is 0 Å². The molecule has 2 N–H and O–H groups in total. The maximum absolute atomic E-state index is 12.1. The van der Waals surface area contributed by atoms with Gasteiger partial charge in [-0.25, -0.2) is 4.79 Å². The molecule has 0 radical (unpaired) electrons. The van der Waals surface area contributed by atoms with Gasteiger partial charge >= 0.3 is 6.03 Å². The Morgan fingerprint density at radius 2 is 1.81 bits per heavy atom. The van der Waals surface area contributed by atoms with Gasteiger partial charge in [-0.2, -0.15) is 0 Å². The number of hydrogen-bond donors (Lipinski definition) is 2. The van der Waals surface area contributed by atoms with Crippen LogP contribution in [0.15, 0.2) is 48.5 Å². The molecule has 0 heterocycles. The summed E-state index contributed by atoms with van der Waals surface area (Å²) in [5.74, 6) is 0. The molecule has 3 rings (SSSR count). The van der Waals surface area contributed by atoms with Crippen molar-refractivity contribution in [1.82, 2.24) is 5.32 Å². The van der Waals surface area contributed by atoms with Crippen LogP contribution in [0.1, 0.15) is 36.1 Å². The van der Waals surface area contributed by atoms with Crippen LogP contribution in [0.2, 0.25) is 0 Å². The van der Waals surface area contributed by atoms with Gasteiger partial charge in [0.05, 0.1) is 6.04 Å². The van der Waals surface area contributed by atoms with E-state index in [4.69, 9.17) is 0 Å². The van der Waals surface area contributed by atoms with Crippen molar-refractivity contribution in [3.8, 4) is 0 Å². The molecule has 1 aliphatic carbocycles. The molecule has 3 heteroatoms. The molecule has 108 valence electrons. The molecule has 1 atom stereocenters. The zero-order valence-electron chi connectivity index (χ0n) is 12.2. The standard InChI is InChI=1S/C18H20N2O/c1-13(14-6-3-2-4-7-14)19-18(21)20-17-11-10-15-8-5-9-16(15)12-17/h2-4,6-7,10-13H,5,8-9H2,1H3,(H2,19,20,21)/t13-/m0/s1. The number of urea groups is 1. The lowest BCUT2D eigenvalue weighted by molar-refractivity contribution is 0.249. The summed E-state index contributed by atoms with van der Waals surface area (Å²) in [6.07, 6.45) is 3.50. The van der Waals surface area contributed by atoms with Gasteiger partial charge in [-0.1, -0.05) is 36.4 Å². The monoisotopic (exact) mass is 280 g/mol. The molecule has 2 aromatic rings. The molecule has 0 saturated carbocycles. The van der Waals surface area contributed by atoms with Gasteiger partial charge in [0.1, 0.15) is 0 Å².